The number of aryl methyl sites for hydroxylation is 1. The van der Waals surface area contributed by atoms with Crippen LogP contribution < -0.4 is 0 Å². The number of rotatable bonds is 7. The zero-order valence-electron chi connectivity index (χ0n) is 12.3. The number of benzene rings is 1. The minimum absolute atomic E-state index is 0.241. The van der Waals surface area contributed by atoms with Gasteiger partial charge in [-0.1, -0.05) is 57.5 Å². The lowest BCUT2D eigenvalue weighted by Gasteiger charge is -2.21. The van der Waals surface area contributed by atoms with Crippen LogP contribution >= 0.6 is 0 Å². The molecule has 0 bridgehead atoms. The lowest BCUT2D eigenvalue weighted by Crippen LogP contribution is -2.15. The molecular weight excluding hydrogens is 224 g/mol. The van der Waals surface area contributed by atoms with Crippen molar-refractivity contribution in [1.82, 2.24) is 0 Å². The van der Waals surface area contributed by atoms with Gasteiger partial charge in [0.2, 0.25) is 0 Å². The highest BCUT2D eigenvalue weighted by Crippen LogP contribution is 2.21. The lowest BCUT2D eigenvalue weighted by molar-refractivity contribution is -0.158. The van der Waals surface area contributed by atoms with Crippen LogP contribution in [0.2, 0.25) is 0 Å². The van der Waals surface area contributed by atoms with E-state index >= 15 is 0 Å². The van der Waals surface area contributed by atoms with Gasteiger partial charge in [-0.15, -0.1) is 0 Å². The summed E-state index contributed by atoms with van der Waals surface area (Å²) in [5, 5.41) is 0. The zero-order chi connectivity index (χ0) is 13.5. The SMILES string of the molecule is Cc1cccc(C(OCC(C)C)OCC(C)C)c1. The Morgan fingerprint density at radius 2 is 1.50 bits per heavy atom. The molecule has 0 N–H and O–H groups in total. The van der Waals surface area contributed by atoms with Crippen LogP contribution in [0.25, 0.3) is 0 Å². The smallest absolute Gasteiger partial charge is 0.183 e. The van der Waals surface area contributed by atoms with E-state index in [1.165, 1.54) is 5.56 Å². The van der Waals surface area contributed by atoms with Gasteiger partial charge in [-0.05, 0) is 18.8 Å². The fourth-order valence-corrected chi connectivity index (χ4v) is 1.62. The third-order valence-electron chi connectivity index (χ3n) is 2.48. The molecule has 0 fully saturated rings. The first-order valence-electron chi connectivity index (χ1n) is 6.78. The monoisotopic (exact) mass is 250 g/mol. The largest absolute Gasteiger partial charge is 0.348 e. The Hall–Kier alpha value is -0.860. The number of ether oxygens (including phenoxy) is 2. The molecule has 1 aromatic rings. The molecular formula is C16H26O2. The summed E-state index contributed by atoms with van der Waals surface area (Å²) >= 11 is 0. The second-order valence-electron chi connectivity index (χ2n) is 5.70. The van der Waals surface area contributed by atoms with Gasteiger partial charge in [-0.25, -0.2) is 0 Å². The molecule has 0 aliphatic rings. The van der Waals surface area contributed by atoms with Gasteiger partial charge in [-0.3, -0.25) is 0 Å². The van der Waals surface area contributed by atoms with E-state index in [4.69, 9.17) is 9.47 Å². The first-order chi connectivity index (χ1) is 8.49. The first-order valence-corrected chi connectivity index (χ1v) is 6.78. The lowest BCUT2D eigenvalue weighted by atomic mass is 10.1. The van der Waals surface area contributed by atoms with Crippen molar-refractivity contribution in [1.29, 1.82) is 0 Å². The molecule has 1 rings (SSSR count). The molecule has 0 aliphatic carbocycles. The van der Waals surface area contributed by atoms with E-state index in [0.29, 0.717) is 11.8 Å². The van der Waals surface area contributed by atoms with Crippen LogP contribution in [0.1, 0.15) is 45.1 Å². The molecule has 18 heavy (non-hydrogen) atoms. The third kappa shape index (κ3) is 5.65. The molecule has 0 saturated heterocycles. The van der Waals surface area contributed by atoms with E-state index in [1.807, 2.05) is 0 Å². The van der Waals surface area contributed by atoms with Gasteiger partial charge >= 0.3 is 0 Å². The average molecular weight is 250 g/mol. The second kappa shape index (κ2) is 7.55. The topological polar surface area (TPSA) is 18.5 Å². The summed E-state index contributed by atoms with van der Waals surface area (Å²) in [5.41, 5.74) is 2.34. The van der Waals surface area contributed by atoms with Gasteiger partial charge in [0.25, 0.3) is 0 Å². The van der Waals surface area contributed by atoms with Crippen LogP contribution in [0, 0.1) is 18.8 Å². The van der Waals surface area contributed by atoms with Crippen LogP contribution in [-0.4, -0.2) is 13.2 Å². The summed E-state index contributed by atoms with van der Waals surface area (Å²) < 4.78 is 11.7. The van der Waals surface area contributed by atoms with Gasteiger partial charge in [0.1, 0.15) is 0 Å². The standard InChI is InChI=1S/C16H26O2/c1-12(2)10-17-16(18-11-13(3)4)15-8-6-7-14(5)9-15/h6-9,12-13,16H,10-11H2,1-5H3. The molecule has 0 amide bonds. The van der Waals surface area contributed by atoms with Crippen molar-refractivity contribution in [3.63, 3.8) is 0 Å². The molecule has 2 heteroatoms. The molecule has 0 heterocycles. The molecule has 0 spiro atoms. The normalized spacial score (nSPS) is 11.8. The summed E-state index contributed by atoms with van der Waals surface area (Å²) in [6.07, 6.45) is -0.241. The van der Waals surface area contributed by atoms with Crippen molar-refractivity contribution < 1.29 is 9.47 Å². The van der Waals surface area contributed by atoms with Crippen molar-refractivity contribution in [2.24, 2.45) is 11.8 Å². The Morgan fingerprint density at radius 1 is 0.944 bits per heavy atom. The fraction of sp³-hybridized carbons (Fsp3) is 0.625. The minimum atomic E-state index is -0.241. The molecule has 0 saturated carbocycles. The van der Waals surface area contributed by atoms with Gasteiger partial charge in [0.15, 0.2) is 6.29 Å². The molecule has 1 aromatic carbocycles. The van der Waals surface area contributed by atoms with Crippen molar-refractivity contribution in [2.45, 2.75) is 40.9 Å². The van der Waals surface area contributed by atoms with Crippen LogP contribution in [0.3, 0.4) is 0 Å². The van der Waals surface area contributed by atoms with Gasteiger partial charge in [-0.2, -0.15) is 0 Å². The maximum absolute atomic E-state index is 5.87. The van der Waals surface area contributed by atoms with Crippen molar-refractivity contribution in [3.8, 4) is 0 Å². The summed E-state index contributed by atoms with van der Waals surface area (Å²) in [6.45, 7) is 12.1. The summed E-state index contributed by atoms with van der Waals surface area (Å²) in [6, 6.07) is 8.34. The predicted octanol–water partition coefficient (Wildman–Crippen LogP) is 4.34. The Bertz CT molecular complexity index is 333. The van der Waals surface area contributed by atoms with Crippen molar-refractivity contribution >= 4 is 0 Å². The Labute approximate surface area is 111 Å². The fourth-order valence-electron chi connectivity index (χ4n) is 1.62. The molecule has 102 valence electrons. The average Bonchev–Trinajstić information content (AvgIpc) is 2.28. The van der Waals surface area contributed by atoms with Crippen LogP contribution in [0.15, 0.2) is 24.3 Å². The highest BCUT2D eigenvalue weighted by atomic mass is 16.7. The molecule has 2 nitrogen and oxygen atoms in total. The first kappa shape index (κ1) is 15.2. The van der Waals surface area contributed by atoms with E-state index in [1.54, 1.807) is 0 Å². The second-order valence-corrected chi connectivity index (χ2v) is 5.70. The molecule has 0 radical (unpaired) electrons. The number of hydrogen-bond acceptors (Lipinski definition) is 2. The van der Waals surface area contributed by atoms with Gasteiger partial charge < -0.3 is 9.47 Å². The molecule has 0 aromatic heterocycles. The quantitative estimate of drug-likeness (QED) is 0.670. The highest BCUT2D eigenvalue weighted by molar-refractivity contribution is 5.23. The molecule has 0 atom stereocenters. The van der Waals surface area contributed by atoms with Crippen LogP contribution in [-0.2, 0) is 9.47 Å². The molecule has 0 unspecified atom stereocenters. The predicted molar refractivity (Wildman–Crippen MR) is 75.5 cm³/mol. The van der Waals surface area contributed by atoms with E-state index in [-0.39, 0.29) is 6.29 Å². The summed E-state index contributed by atoms with van der Waals surface area (Å²) in [5.74, 6) is 1.03. The maximum Gasteiger partial charge on any atom is 0.183 e. The Kier molecular flexibility index (Phi) is 6.37. The molecule has 0 aliphatic heterocycles. The Balaban J connectivity index is 2.69. The third-order valence-corrected chi connectivity index (χ3v) is 2.48. The van der Waals surface area contributed by atoms with E-state index in [0.717, 1.165) is 18.8 Å². The van der Waals surface area contributed by atoms with Gasteiger partial charge in [0.05, 0.1) is 13.2 Å². The van der Waals surface area contributed by atoms with Crippen molar-refractivity contribution in [3.05, 3.63) is 35.4 Å². The van der Waals surface area contributed by atoms with Crippen LogP contribution in [0.4, 0.5) is 0 Å². The van der Waals surface area contributed by atoms with Crippen LogP contribution in [0.5, 0.6) is 0 Å². The van der Waals surface area contributed by atoms with Gasteiger partial charge in [0, 0.05) is 5.56 Å². The number of hydrogen-bond donors (Lipinski definition) is 0. The minimum Gasteiger partial charge on any atom is -0.348 e. The van der Waals surface area contributed by atoms with Crippen molar-refractivity contribution in [2.75, 3.05) is 13.2 Å². The maximum atomic E-state index is 5.87. The summed E-state index contributed by atoms with van der Waals surface area (Å²) in [7, 11) is 0. The van der Waals surface area contributed by atoms with E-state index < -0.39 is 0 Å². The summed E-state index contributed by atoms with van der Waals surface area (Å²) in [4.78, 5) is 0. The zero-order valence-corrected chi connectivity index (χ0v) is 12.3. The van der Waals surface area contributed by atoms with E-state index in [2.05, 4.69) is 58.9 Å². The highest BCUT2D eigenvalue weighted by Gasteiger charge is 2.14. The Morgan fingerprint density at radius 3 is 1.94 bits per heavy atom. The van der Waals surface area contributed by atoms with E-state index in [9.17, 15) is 0 Å².